The van der Waals surface area contributed by atoms with Gasteiger partial charge in [0.05, 0.1) is 11.3 Å². The maximum absolute atomic E-state index is 11.8. The average Bonchev–Trinajstić information content (AvgIpc) is 3.00. The Morgan fingerprint density at radius 3 is 2.86 bits per heavy atom. The Morgan fingerprint density at radius 2 is 2.19 bits per heavy atom. The molecule has 7 heteroatoms. The summed E-state index contributed by atoms with van der Waals surface area (Å²) in [7, 11) is -2.96. The van der Waals surface area contributed by atoms with Gasteiger partial charge in [-0.15, -0.1) is 22.7 Å². The molecule has 1 aliphatic carbocycles. The SMILES string of the molecule is CS(=O)(=O)C1CCCC(C(NN)c2cc3sccc3s2)C1. The molecule has 1 saturated carbocycles. The van der Waals surface area contributed by atoms with Crippen LogP contribution in [0.3, 0.4) is 0 Å². The minimum atomic E-state index is -2.96. The van der Waals surface area contributed by atoms with E-state index in [1.54, 1.807) is 22.7 Å². The molecule has 4 nitrogen and oxygen atoms in total. The van der Waals surface area contributed by atoms with E-state index in [0.29, 0.717) is 6.42 Å². The highest BCUT2D eigenvalue weighted by atomic mass is 32.2. The number of hydrazine groups is 1. The molecule has 0 amide bonds. The van der Waals surface area contributed by atoms with Crippen LogP contribution in [-0.4, -0.2) is 19.9 Å². The third kappa shape index (κ3) is 3.17. The van der Waals surface area contributed by atoms with Crippen LogP contribution in [-0.2, 0) is 9.84 Å². The molecule has 0 aliphatic heterocycles. The van der Waals surface area contributed by atoms with Gasteiger partial charge in [0.1, 0.15) is 9.84 Å². The van der Waals surface area contributed by atoms with Crippen molar-refractivity contribution in [2.24, 2.45) is 11.8 Å². The Balaban J connectivity index is 1.84. The molecule has 2 aromatic rings. The quantitative estimate of drug-likeness (QED) is 0.660. The Bertz CT molecular complexity index is 691. The van der Waals surface area contributed by atoms with E-state index in [0.717, 1.165) is 19.3 Å². The molecule has 0 spiro atoms. The zero-order valence-corrected chi connectivity index (χ0v) is 14.4. The summed E-state index contributed by atoms with van der Waals surface area (Å²) in [5.74, 6) is 6.08. The standard InChI is InChI=1S/C14H20N2O2S3/c1-21(17,18)10-4-2-3-9(7-10)14(16-15)13-8-12-11(20-13)5-6-19-12/h5-6,8-10,14,16H,2-4,7,15H2,1H3. The summed E-state index contributed by atoms with van der Waals surface area (Å²) < 4.78 is 26.2. The molecule has 0 aromatic carbocycles. The lowest BCUT2D eigenvalue weighted by Crippen LogP contribution is -2.38. The van der Waals surface area contributed by atoms with E-state index in [-0.39, 0.29) is 17.2 Å². The molecule has 1 fully saturated rings. The van der Waals surface area contributed by atoms with Crippen LogP contribution >= 0.6 is 22.7 Å². The minimum absolute atomic E-state index is 0.0548. The molecule has 3 unspecified atom stereocenters. The fourth-order valence-corrected chi connectivity index (χ4v) is 6.73. The Kier molecular flexibility index (Phi) is 4.38. The van der Waals surface area contributed by atoms with Crippen molar-refractivity contribution in [1.29, 1.82) is 0 Å². The van der Waals surface area contributed by atoms with Crippen LogP contribution in [0, 0.1) is 5.92 Å². The highest BCUT2D eigenvalue weighted by molar-refractivity contribution is 7.91. The molecular formula is C14H20N2O2S3. The number of hydrogen-bond donors (Lipinski definition) is 2. The van der Waals surface area contributed by atoms with Crippen molar-refractivity contribution in [2.45, 2.75) is 37.0 Å². The molecule has 0 saturated heterocycles. The largest absolute Gasteiger partial charge is 0.271 e. The monoisotopic (exact) mass is 344 g/mol. The summed E-state index contributed by atoms with van der Waals surface area (Å²) >= 11 is 3.49. The van der Waals surface area contributed by atoms with Crippen molar-refractivity contribution in [1.82, 2.24) is 5.43 Å². The van der Waals surface area contributed by atoms with Crippen LogP contribution < -0.4 is 11.3 Å². The number of thiophene rings is 2. The Morgan fingerprint density at radius 1 is 1.38 bits per heavy atom. The van der Waals surface area contributed by atoms with Crippen LogP contribution in [0.5, 0.6) is 0 Å². The van der Waals surface area contributed by atoms with Gasteiger partial charge in [-0.25, -0.2) is 8.42 Å². The van der Waals surface area contributed by atoms with E-state index in [1.807, 2.05) is 0 Å². The molecule has 3 atom stereocenters. The average molecular weight is 345 g/mol. The van der Waals surface area contributed by atoms with E-state index >= 15 is 0 Å². The van der Waals surface area contributed by atoms with E-state index in [9.17, 15) is 8.42 Å². The Labute approximate surface area is 133 Å². The van der Waals surface area contributed by atoms with Crippen molar-refractivity contribution in [3.63, 3.8) is 0 Å². The molecular weight excluding hydrogens is 324 g/mol. The van der Waals surface area contributed by atoms with Crippen LogP contribution in [0.25, 0.3) is 9.40 Å². The number of rotatable bonds is 4. The highest BCUT2D eigenvalue weighted by Gasteiger charge is 2.34. The third-order valence-electron chi connectivity index (χ3n) is 4.39. The van der Waals surface area contributed by atoms with Gasteiger partial charge in [0.15, 0.2) is 0 Å². The normalized spacial score (nSPS) is 25.2. The summed E-state index contributed by atoms with van der Waals surface area (Å²) in [6.07, 6.45) is 4.84. The van der Waals surface area contributed by atoms with Gasteiger partial charge in [-0.05, 0) is 42.7 Å². The van der Waals surface area contributed by atoms with Crippen molar-refractivity contribution >= 4 is 41.9 Å². The second-order valence-electron chi connectivity index (χ2n) is 5.82. The van der Waals surface area contributed by atoms with Crippen molar-refractivity contribution in [3.8, 4) is 0 Å². The van der Waals surface area contributed by atoms with Gasteiger partial charge < -0.3 is 0 Å². The van der Waals surface area contributed by atoms with Crippen LogP contribution in [0.15, 0.2) is 17.5 Å². The number of nitrogens with two attached hydrogens (primary N) is 1. The van der Waals surface area contributed by atoms with Gasteiger partial charge in [-0.2, -0.15) is 0 Å². The predicted molar refractivity (Wildman–Crippen MR) is 90.4 cm³/mol. The summed E-state index contributed by atoms with van der Waals surface area (Å²) in [6, 6.07) is 4.38. The zero-order chi connectivity index (χ0) is 15.0. The first-order chi connectivity index (χ1) is 9.99. The second kappa shape index (κ2) is 5.96. The maximum atomic E-state index is 11.8. The molecule has 0 radical (unpaired) electrons. The van der Waals surface area contributed by atoms with Gasteiger partial charge in [-0.1, -0.05) is 6.42 Å². The predicted octanol–water partition coefficient (Wildman–Crippen LogP) is 3.07. The lowest BCUT2D eigenvalue weighted by molar-refractivity contribution is 0.277. The van der Waals surface area contributed by atoms with Crippen molar-refractivity contribution in [2.75, 3.05) is 6.26 Å². The lowest BCUT2D eigenvalue weighted by atomic mass is 9.83. The molecule has 3 N–H and O–H groups in total. The second-order valence-corrected chi connectivity index (χ2v) is 10.2. The summed E-state index contributed by atoms with van der Waals surface area (Å²) in [5.41, 5.74) is 2.93. The van der Waals surface area contributed by atoms with Crippen molar-refractivity contribution in [3.05, 3.63) is 22.4 Å². The van der Waals surface area contributed by atoms with Gasteiger partial charge in [0.2, 0.25) is 0 Å². The molecule has 0 bridgehead atoms. The summed E-state index contributed by atoms with van der Waals surface area (Å²) in [5, 5.41) is 1.88. The van der Waals surface area contributed by atoms with Gasteiger partial charge >= 0.3 is 0 Å². The molecule has 21 heavy (non-hydrogen) atoms. The molecule has 2 aromatic heterocycles. The van der Waals surface area contributed by atoms with E-state index in [4.69, 9.17) is 5.84 Å². The van der Waals surface area contributed by atoms with E-state index in [2.05, 4.69) is 22.9 Å². The molecule has 116 valence electrons. The zero-order valence-electron chi connectivity index (χ0n) is 11.9. The van der Waals surface area contributed by atoms with E-state index < -0.39 is 9.84 Å². The van der Waals surface area contributed by atoms with Crippen LogP contribution in [0.4, 0.5) is 0 Å². The smallest absolute Gasteiger partial charge is 0.150 e. The van der Waals surface area contributed by atoms with Gasteiger partial charge in [0.25, 0.3) is 0 Å². The van der Waals surface area contributed by atoms with Crippen LogP contribution in [0.2, 0.25) is 0 Å². The number of fused-ring (bicyclic) bond motifs is 1. The fourth-order valence-electron chi connectivity index (χ4n) is 3.26. The molecule has 2 heterocycles. The van der Waals surface area contributed by atoms with Crippen molar-refractivity contribution < 1.29 is 8.42 Å². The van der Waals surface area contributed by atoms with Crippen LogP contribution in [0.1, 0.15) is 36.6 Å². The first kappa shape index (κ1) is 15.4. The summed E-state index contributed by atoms with van der Waals surface area (Å²) in [6.45, 7) is 0. The number of sulfone groups is 1. The first-order valence-electron chi connectivity index (χ1n) is 7.11. The first-order valence-corrected chi connectivity index (χ1v) is 10.8. The highest BCUT2D eigenvalue weighted by Crippen LogP contribution is 2.41. The number of nitrogens with one attached hydrogen (secondary N) is 1. The van der Waals surface area contributed by atoms with Gasteiger partial charge in [-0.3, -0.25) is 11.3 Å². The summed E-state index contributed by atoms with van der Waals surface area (Å²) in [4.78, 5) is 1.22. The molecule has 3 rings (SSSR count). The topological polar surface area (TPSA) is 72.2 Å². The minimum Gasteiger partial charge on any atom is -0.271 e. The lowest BCUT2D eigenvalue weighted by Gasteiger charge is -2.33. The number of hydrogen-bond acceptors (Lipinski definition) is 6. The maximum Gasteiger partial charge on any atom is 0.150 e. The van der Waals surface area contributed by atoms with Gasteiger partial charge in [0, 0.05) is 20.5 Å². The third-order valence-corrected chi connectivity index (χ3v) is 8.20. The fraction of sp³-hybridized carbons (Fsp3) is 0.571. The Hall–Kier alpha value is -0.470. The molecule has 1 aliphatic rings. The van der Waals surface area contributed by atoms with E-state index in [1.165, 1.54) is 20.5 Å².